The molecule has 0 saturated carbocycles. The third-order valence-corrected chi connectivity index (χ3v) is 6.09. The lowest BCUT2D eigenvalue weighted by Crippen LogP contribution is -2.34. The summed E-state index contributed by atoms with van der Waals surface area (Å²) in [5, 5.41) is 0. The molecule has 29 heavy (non-hydrogen) atoms. The Labute approximate surface area is 172 Å². The van der Waals surface area contributed by atoms with Gasteiger partial charge in [0.1, 0.15) is 11.9 Å². The van der Waals surface area contributed by atoms with Crippen molar-refractivity contribution in [3.8, 4) is 5.88 Å². The van der Waals surface area contributed by atoms with Crippen molar-refractivity contribution in [2.45, 2.75) is 45.3 Å². The predicted octanol–water partition coefficient (Wildman–Crippen LogP) is 3.62. The minimum atomic E-state index is 0.160. The largest absolute Gasteiger partial charge is 0.474 e. The Bertz CT molecular complexity index is 908. The summed E-state index contributed by atoms with van der Waals surface area (Å²) in [4.78, 5) is 16.5. The van der Waals surface area contributed by atoms with E-state index in [-0.39, 0.29) is 6.10 Å². The Morgan fingerprint density at radius 3 is 2.83 bits per heavy atom. The number of hydrogen-bond acceptors (Lipinski definition) is 6. The molecular formula is C23H28N4O2. The molecule has 3 aliphatic heterocycles. The van der Waals surface area contributed by atoms with Gasteiger partial charge >= 0.3 is 0 Å². The van der Waals surface area contributed by atoms with Crippen molar-refractivity contribution in [3.63, 3.8) is 0 Å². The number of aliphatic imine (C=N–C) groups is 1. The molecule has 0 spiro atoms. The summed E-state index contributed by atoms with van der Waals surface area (Å²) in [6, 6.07) is 6.28. The third kappa shape index (κ3) is 3.86. The smallest absolute Gasteiger partial charge is 0.223 e. The number of fused-ring (bicyclic) bond motifs is 1. The normalized spacial score (nSPS) is 22.3. The molecule has 6 heteroatoms. The second-order valence-electron chi connectivity index (χ2n) is 8.34. The number of rotatable bonds is 4. The molecule has 2 saturated heterocycles. The van der Waals surface area contributed by atoms with E-state index in [1.807, 2.05) is 12.4 Å². The third-order valence-electron chi connectivity index (χ3n) is 6.09. The predicted molar refractivity (Wildman–Crippen MR) is 113 cm³/mol. The first-order valence-electron chi connectivity index (χ1n) is 10.8. The zero-order valence-electron chi connectivity index (χ0n) is 17.0. The van der Waals surface area contributed by atoms with E-state index in [0.29, 0.717) is 18.3 Å². The molecule has 2 fully saturated rings. The summed E-state index contributed by atoms with van der Waals surface area (Å²) in [5.41, 5.74) is 4.30. The highest BCUT2D eigenvalue weighted by Crippen LogP contribution is 2.32. The average Bonchev–Trinajstić information content (AvgIpc) is 3.20. The van der Waals surface area contributed by atoms with Gasteiger partial charge in [0.2, 0.25) is 5.88 Å². The highest BCUT2D eigenvalue weighted by molar-refractivity contribution is 6.16. The van der Waals surface area contributed by atoms with Crippen molar-refractivity contribution in [3.05, 3.63) is 47.3 Å². The van der Waals surface area contributed by atoms with Crippen molar-refractivity contribution in [2.24, 2.45) is 10.9 Å². The Hall–Kier alpha value is -2.47. The van der Waals surface area contributed by atoms with Gasteiger partial charge in [0.15, 0.2) is 0 Å². The van der Waals surface area contributed by atoms with E-state index in [1.165, 1.54) is 18.4 Å². The maximum Gasteiger partial charge on any atom is 0.223 e. The summed E-state index contributed by atoms with van der Waals surface area (Å²) in [6.45, 7) is 6.64. The molecule has 5 rings (SSSR count). The number of hydrogen-bond donors (Lipinski definition) is 0. The first kappa shape index (κ1) is 18.6. The topological polar surface area (TPSA) is 59.8 Å². The van der Waals surface area contributed by atoms with Crippen LogP contribution in [-0.4, -0.2) is 48.1 Å². The van der Waals surface area contributed by atoms with E-state index in [1.54, 1.807) is 0 Å². The molecule has 0 aliphatic carbocycles. The lowest BCUT2D eigenvalue weighted by atomic mass is 9.99. The van der Waals surface area contributed by atoms with Gasteiger partial charge in [-0.2, -0.15) is 0 Å². The van der Waals surface area contributed by atoms with Crippen LogP contribution in [0.25, 0.3) is 0 Å². The number of piperidine rings is 1. The molecule has 0 radical (unpaired) electrons. The van der Waals surface area contributed by atoms with Gasteiger partial charge in [-0.1, -0.05) is 6.92 Å². The van der Waals surface area contributed by atoms with E-state index >= 15 is 0 Å². The minimum Gasteiger partial charge on any atom is -0.474 e. The quantitative estimate of drug-likeness (QED) is 0.795. The van der Waals surface area contributed by atoms with E-state index in [0.717, 1.165) is 61.8 Å². The number of pyridine rings is 2. The maximum absolute atomic E-state index is 6.31. The van der Waals surface area contributed by atoms with Crippen molar-refractivity contribution in [1.29, 1.82) is 0 Å². The fourth-order valence-electron chi connectivity index (χ4n) is 4.52. The first-order chi connectivity index (χ1) is 14.3. The number of nitrogens with zero attached hydrogens (tertiary/aromatic N) is 4. The van der Waals surface area contributed by atoms with Gasteiger partial charge < -0.3 is 14.4 Å². The van der Waals surface area contributed by atoms with Crippen molar-refractivity contribution in [2.75, 3.05) is 31.2 Å². The summed E-state index contributed by atoms with van der Waals surface area (Å²) in [6.07, 6.45) is 8.24. The molecule has 6 nitrogen and oxygen atoms in total. The van der Waals surface area contributed by atoms with Gasteiger partial charge in [-0.3, -0.25) is 4.99 Å². The van der Waals surface area contributed by atoms with Crippen molar-refractivity contribution < 1.29 is 9.47 Å². The van der Waals surface area contributed by atoms with Gasteiger partial charge in [-0.15, -0.1) is 0 Å². The molecule has 152 valence electrons. The zero-order valence-corrected chi connectivity index (χ0v) is 17.0. The number of aromatic nitrogens is 2. The average molecular weight is 393 g/mol. The van der Waals surface area contributed by atoms with Crippen molar-refractivity contribution >= 4 is 11.5 Å². The molecule has 2 aromatic rings. The summed E-state index contributed by atoms with van der Waals surface area (Å²) in [5.74, 6) is 2.46. The van der Waals surface area contributed by atoms with E-state index in [4.69, 9.17) is 14.5 Å². The monoisotopic (exact) mass is 392 g/mol. The van der Waals surface area contributed by atoms with E-state index < -0.39 is 0 Å². The summed E-state index contributed by atoms with van der Waals surface area (Å²) in [7, 11) is 0. The van der Waals surface area contributed by atoms with Crippen LogP contribution < -0.4 is 9.64 Å². The van der Waals surface area contributed by atoms with Crippen LogP contribution in [0.5, 0.6) is 5.88 Å². The Morgan fingerprint density at radius 1 is 1.10 bits per heavy atom. The molecule has 0 aromatic carbocycles. The van der Waals surface area contributed by atoms with Gasteiger partial charge in [-0.25, -0.2) is 9.97 Å². The molecule has 2 aromatic heterocycles. The highest BCUT2D eigenvalue weighted by atomic mass is 16.5. The fraction of sp³-hybridized carbons (Fsp3) is 0.522. The van der Waals surface area contributed by atoms with Crippen LogP contribution in [0.1, 0.15) is 49.3 Å². The van der Waals surface area contributed by atoms with Crippen LogP contribution in [0.4, 0.5) is 5.82 Å². The molecular weight excluding hydrogens is 364 g/mol. The second kappa shape index (κ2) is 8.11. The van der Waals surface area contributed by atoms with Gasteiger partial charge in [0.25, 0.3) is 0 Å². The summed E-state index contributed by atoms with van der Waals surface area (Å²) < 4.78 is 11.8. The van der Waals surface area contributed by atoms with Crippen LogP contribution in [0, 0.1) is 5.92 Å². The molecule has 1 unspecified atom stereocenters. The van der Waals surface area contributed by atoms with Crippen LogP contribution in [0.3, 0.4) is 0 Å². The minimum absolute atomic E-state index is 0.160. The molecule has 0 amide bonds. The molecule has 5 heterocycles. The highest BCUT2D eigenvalue weighted by Gasteiger charge is 2.26. The first-order valence-corrected chi connectivity index (χ1v) is 10.8. The lowest BCUT2D eigenvalue weighted by Gasteiger charge is -2.32. The molecule has 1 atom stereocenters. The van der Waals surface area contributed by atoms with E-state index in [2.05, 4.69) is 40.0 Å². The van der Waals surface area contributed by atoms with Gasteiger partial charge in [-0.05, 0) is 42.5 Å². The Morgan fingerprint density at radius 2 is 1.97 bits per heavy atom. The van der Waals surface area contributed by atoms with Gasteiger partial charge in [0, 0.05) is 43.9 Å². The zero-order chi connectivity index (χ0) is 19.6. The second-order valence-corrected chi connectivity index (χ2v) is 8.34. The molecule has 3 aliphatic rings. The molecule has 0 N–H and O–H groups in total. The Balaban J connectivity index is 1.43. The fourth-order valence-corrected chi connectivity index (χ4v) is 4.52. The summed E-state index contributed by atoms with van der Waals surface area (Å²) >= 11 is 0. The van der Waals surface area contributed by atoms with Crippen LogP contribution in [0.2, 0.25) is 0 Å². The number of anilines is 1. The standard InChI is InChI=1S/C23H28N4O2/c1-16-3-2-10-27(15-16)20-13-17(4-8-24-20)22-21-18(14-26-22)5-9-25-23(21)29-19-6-11-28-12-7-19/h4-5,8-9,13,16,19H,2-3,6-7,10-12,14-15H2,1H3. The van der Waals surface area contributed by atoms with Crippen molar-refractivity contribution in [1.82, 2.24) is 9.97 Å². The van der Waals surface area contributed by atoms with Crippen LogP contribution in [0.15, 0.2) is 35.6 Å². The van der Waals surface area contributed by atoms with Crippen LogP contribution in [-0.2, 0) is 11.3 Å². The van der Waals surface area contributed by atoms with Gasteiger partial charge in [0.05, 0.1) is 31.0 Å². The maximum atomic E-state index is 6.31. The Kier molecular flexibility index (Phi) is 5.19. The van der Waals surface area contributed by atoms with E-state index in [9.17, 15) is 0 Å². The SMILES string of the molecule is CC1CCCN(c2cc(C3=NCc4ccnc(OC5CCOCC5)c43)ccn2)C1. The number of ether oxygens (including phenoxy) is 2. The molecule has 0 bridgehead atoms. The lowest BCUT2D eigenvalue weighted by molar-refractivity contribution is 0.0236. The van der Waals surface area contributed by atoms with Crippen LogP contribution >= 0.6 is 0 Å².